The molecule has 1 atom stereocenters. The monoisotopic (exact) mass is 316 g/mol. The Morgan fingerprint density at radius 1 is 1.25 bits per heavy atom. The summed E-state index contributed by atoms with van der Waals surface area (Å²) in [6, 6.07) is 3.89. The van der Waals surface area contributed by atoms with Gasteiger partial charge in [-0.05, 0) is 43.6 Å². The first-order valence-electron chi connectivity index (χ1n) is 7.06. The summed E-state index contributed by atoms with van der Waals surface area (Å²) >= 11 is 1.79. The van der Waals surface area contributed by atoms with Crippen LogP contribution in [0.25, 0.3) is 0 Å². The standard InChI is InChI=1S/C13H20N2O3S2/c16-20(17,15-11-2-1-7-19-9-11)13-6-5-12(18-13)8-14-10-3-4-10/h5-6,10-11,14-15H,1-4,7-9H2. The number of sulfonamides is 1. The van der Waals surface area contributed by atoms with E-state index in [9.17, 15) is 8.42 Å². The third kappa shape index (κ3) is 3.78. The largest absolute Gasteiger partial charge is 0.447 e. The van der Waals surface area contributed by atoms with E-state index in [-0.39, 0.29) is 11.1 Å². The molecule has 1 saturated carbocycles. The zero-order valence-corrected chi connectivity index (χ0v) is 12.9. The molecule has 7 heteroatoms. The second kappa shape index (κ2) is 6.09. The molecule has 5 nitrogen and oxygen atoms in total. The molecule has 2 aliphatic rings. The Bertz CT molecular complexity index is 546. The molecule has 3 rings (SSSR count). The van der Waals surface area contributed by atoms with E-state index >= 15 is 0 Å². The van der Waals surface area contributed by atoms with Crippen LogP contribution in [0, 0.1) is 0 Å². The molecule has 0 aromatic carbocycles. The lowest BCUT2D eigenvalue weighted by molar-refractivity contribution is 0.397. The number of rotatable bonds is 6. The first-order chi connectivity index (χ1) is 9.63. The summed E-state index contributed by atoms with van der Waals surface area (Å²) in [4.78, 5) is 0. The predicted octanol–water partition coefficient (Wildman–Crippen LogP) is 1.71. The van der Waals surface area contributed by atoms with Gasteiger partial charge in [0.25, 0.3) is 10.0 Å². The molecule has 2 N–H and O–H groups in total. The highest BCUT2D eigenvalue weighted by atomic mass is 32.2. The van der Waals surface area contributed by atoms with Gasteiger partial charge in [0.1, 0.15) is 5.76 Å². The molecule has 0 amide bonds. The molecule has 1 saturated heterocycles. The van der Waals surface area contributed by atoms with Crippen LogP contribution in [-0.2, 0) is 16.6 Å². The fraction of sp³-hybridized carbons (Fsp3) is 0.692. The SMILES string of the molecule is O=S(=O)(NC1CCCSC1)c1ccc(CNC2CC2)o1. The second-order valence-corrected chi connectivity index (χ2v) is 8.21. The molecule has 2 fully saturated rings. The Balaban J connectivity index is 1.60. The maximum atomic E-state index is 12.2. The molecule has 1 aromatic rings. The van der Waals surface area contributed by atoms with Gasteiger partial charge in [0, 0.05) is 17.8 Å². The third-order valence-electron chi connectivity index (χ3n) is 3.53. The van der Waals surface area contributed by atoms with Crippen molar-refractivity contribution in [3.05, 3.63) is 17.9 Å². The molecule has 2 heterocycles. The maximum Gasteiger partial charge on any atom is 0.274 e. The van der Waals surface area contributed by atoms with Gasteiger partial charge in [-0.1, -0.05) is 0 Å². The Hall–Kier alpha value is -0.500. The van der Waals surface area contributed by atoms with E-state index < -0.39 is 10.0 Å². The van der Waals surface area contributed by atoms with Gasteiger partial charge in [-0.15, -0.1) is 0 Å². The summed E-state index contributed by atoms with van der Waals surface area (Å²) < 4.78 is 32.6. The minimum Gasteiger partial charge on any atom is -0.447 e. The van der Waals surface area contributed by atoms with Crippen molar-refractivity contribution in [1.82, 2.24) is 10.0 Å². The fourth-order valence-corrected chi connectivity index (χ4v) is 4.64. The Kier molecular flexibility index (Phi) is 4.40. The van der Waals surface area contributed by atoms with Crippen molar-refractivity contribution in [3.63, 3.8) is 0 Å². The maximum absolute atomic E-state index is 12.2. The smallest absolute Gasteiger partial charge is 0.274 e. The van der Waals surface area contributed by atoms with Gasteiger partial charge in [0.05, 0.1) is 6.54 Å². The highest BCUT2D eigenvalue weighted by Crippen LogP contribution is 2.22. The summed E-state index contributed by atoms with van der Waals surface area (Å²) in [6.45, 7) is 0.597. The Labute approximate surface area is 123 Å². The second-order valence-electron chi connectivity index (χ2n) is 5.41. The Morgan fingerprint density at radius 2 is 2.10 bits per heavy atom. The van der Waals surface area contributed by atoms with Gasteiger partial charge in [-0.3, -0.25) is 0 Å². The molecular formula is C13H20N2O3S2. The lowest BCUT2D eigenvalue weighted by Gasteiger charge is -2.21. The average molecular weight is 316 g/mol. The van der Waals surface area contributed by atoms with E-state index in [0.29, 0.717) is 18.3 Å². The van der Waals surface area contributed by atoms with Crippen LogP contribution in [0.3, 0.4) is 0 Å². The molecule has 0 radical (unpaired) electrons. The lowest BCUT2D eigenvalue weighted by Crippen LogP contribution is -2.38. The summed E-state index contributed by atoms with van der Waals surface area (Å²) in [5, 5.41) is 3.34. The van der Waals surface area contributed by atoms with Crippen molar-refractivity contribution < 1.29 is 12.8 Å². The summed E-state index contributed by atoms with van der Waals surface area (Å²) in [5.74, 6) is 2.64. The van der Waals surface area contributed by atoms with Crippen LogP contribution < -0.4 is 10.0 Å². The Morgan fingerprint density at radius 3 is 2.80 bits per heavy atom. The third-order valence-corrected chi connectivity index (χ3v) is 6.13. The predicted molar refractivity (Wildman–Crippen MR) is 79.2 cm³/mol. The topological polar surface area (TPSA) is 71.3 Å². The molecule has 1 aromatic heterocycles. The van der Waals surface area contributed by atoms with Gasteiger partial charge in [0.2, 0.25) is 5.09 Å². The van der Waals surface area contributed by atoms with Crippen molar-refractivity contribution in [2.24, 2.45) is 0 Å². The van der Waals surface area contributed by atoms with E-state index in [0.717, 1.165) is 24.3 Å². The van der Waals surface area contributed by atoms with Crippen LogP contribution in [0.5, 0.6) is 0 Å². The lowest BCUT2D eigenvalue weighted by atomic mass is 10.2. The van der Waals surface area contributed by atoms with Crippen molar-refractivity contribution in [3.8, 4) is 0 Å². The van der Waals surface area contributed by atoms with Gasteiger partial charge >= 0.3 is 0 Å². The fourth-order valence-electron chi connectivity index (χ4n) is 2.24. The molecular weight excluding hydrogens is 296 g/mol. The number of hydrogen-bond donors (Lipinski definition) is 2. The van der Waals surface area contributed by atoms with Gasteiger partial charge in [-0.2, -0.15) is 11.8 Å². The molecule has 1 unspecified atom stereocenters. The van der Waals surface area contributed by atoms with Crippen LogP contribution in [0.2, 0.25) is 0 Å². The molecule has 0 bridgehead atoms. The van der Waals surface area contributed by atoms with Gasteiger partial charge in [-0.25, -0.2) is 13.1 Å². The molecule has 112 valence electrons. The molecule has 0 spiro atoms. The van der Waals surface area contributed by atoms with E-state index in [1.165, 1.54) is 12.8 Å². The van der Waals surface area contributed by atoms with Crippen LogP contribution >= 0.6 is 11.8 Å². The van der Waals surface area contributed by atoms with Crippen molar-refractivity contribution in [2.75, 3.05) is 11.5 Å². The minimum atomic E-state index is -3.52. The number of thioether (sulfide) groups is 1. The molecule has 20 heavy (non-hydrogen) atoms. The first kappa shape index (κ1) is 14.4. The van der Waals surface area contributed by atoms with E-state index in [2.05, 4.69) is 10.0 Å². The van der Waals surface area contributed by atoms with Crippen molar-refractivity contribution in [2.45, 2.75) is 49.4 Å². The number of furan rings is 1. The van der Waals surface area contributed by atoms with Crippen molar-refractivity contribution in [1.29, 1.82) is 0 Å². The minimum absolute atomic E-state index is 0.0249. The first-order valence-corrected chi connectivity index (χ1v) is 9.69. The van der Waals surface area contributed by atoms with Crippen molar-refractivity contribution >= 4 is 21.8 Å². The van der Waals surface area contributed by atoms with Crippen LogP contribution in [-0.4, -0.2) is 32.0 Å². The highest BCUT2D eigenvalue weighted by Gasteiger charge is 2.25. The number of hydrogen-bond acceptors (Lipinski definition) is 5. The number of nitrogens with one attached hydrogen (secondary N) is 2. The van der Waals surface area contributed by atoms with Gasteiger partial charge < -0.3 is 9.73 Å². The normalized spacial score (nSPS) is 23.9. The van der Waals surface area contributed by atoms with Crippen LogP contribution in [0.4, 0.5) is 0 Å². The molecule has 1 aliphatic carbocycles. The van der Waals surface area contributed by atoms with E-state index in [1.807, 2.05) is 0 Å². The van der Waals surface area contributed by atoms with E-state index in [1.54, 1.807) is 23.9 Å². The summed E-state index contributed by atoms with van der Waals surface area (Å²) in [7, 11) is -3.52. The highest BCUT2D eigenvalue weighted by molar-refractivity contribution is 7.99. The average Bonchev–Trinajstić information content (AvgIpc) is 3.13. The molecule has 1 aliphatic heterocycles. The van der Waals surface area contributed by atoms with Crippen LogP contribution in [0.15, 0.2) is 21.6 Å². The van der Waals surface area contributed by atoms with Gasteiger partial charge in [0.15, 0.2) is 0 Å². The summed E-state index contributed by atoms with van der Waals surface area (Å²) in [6.07, 6.45) is 4.37. The van der Waals surface area contributed by atoms with Crippen LogP contribution in [0.1, 0.15) is 31.4 Å². The van der Waals surface area contributed by atoms with E-state index in [4.69, 9.17) is 4.42 Å². The quantitative estimate of drug-likeness (QED) is 0.836. The summed E-state index contributed by atoms with van der Waals surface area (Å²) in [5.41, 5.74) is 0. The zero-order chi connectivity index (χ0) is 14.0. The zero-order valence-electron chi connectivity index (χ0n) is 11.3.